The average Bonchev–Trinajstić information content (AvgIpc) is 2.29. The van der Waals surface area contributed by atoms with Gasteiger partial charge in [-0.25, -0.2) is 0 Å². The number of unbranched alkanes of at least 4 members (excludes halogenated alkanes) is 2. The van der Waals surface area contributed by atoms with Crippen molar-refractivity contribution in [3.8, 4) is 0 Å². The fourth-order valence-electron chi connectivity index (χ4n) is 1.63. The van der Waals surface area contributed by atoms with Crippen molar-refractivity contribution in [1.29, 1.82) is 0 Å². The van der Waals surface area contributed by atoms with Crippen LogP contribution in [0.5, 0.6) is 0 Å². The van der Waals surface area contributed by atoms with Crippen LogP contribution in [0.25, 0.3) is 0 Å². The minimum absolute atomic E-state index is 0.435. The van der Waals surface area contributed by atoms with Crippen molar-refractivity contribution in [2.24, 2.45) is 0 Å². The molecule has 1 rings (SSSR count). The Hall–Kier alpha value is 0.754. The Morgan fingerprint density at radius 1 is 1.07 bits per heavy atom. The molecule has 81 valence electrons. The van der Waals surface area contributed by atoms with E-state index in [1.807, 2.05) is 0 Å². The SMILES string of the molecule is CCCCC[P](CC)[Y][c]1ccccc1. The van der Waals surface area contributed by atoms with E-state index in [0.717, 1.165) is 0 Å². The van der Waals surface area contributed by atoms with E-state index in [1.54, 1.807) is 8.54 Å². The molecule has 15 heavy (non-hydrogen) atoms. The maximum absolute atomic E-state index is 2.40. The minimum atomic E-state index is -0.435. The summed E-state index contributed by atoms with van der Waals surface area (Å²) in [7, 11) is 0. The molecule has 0 N–H and O–H groups in total. The van der Waals surface area contributed by atoms with E-state index < -0.39 is 28.5 Å². The summed E-state index contributed by atoms with van der Waals surface area (Å²) in [4.78, 5) is 0. The van der Waals surface area contributed by atoms with E-state index >= 15 is 0 Å². The quantitative estimate of drug-likeness (QED) is 0.527. The average molecular weight is 297 g/mol. The van der Waals surface area contributed by atoms with Crippen LogP contribution in [-0.4, -0.2) is 12.3 Å². The first kappa shape index (κ1) is 13.8. The van der Waals surface area contributed by atoms with E-state index in [2.05, 4.69) is 44.2 Å². The molecule has 0 aliphatic carbocycles. The molecule has 0 spiro atoms. The number of benzene rings is 1. The molecule has 0 amide bonds. The van der Waals surface area contributed by atoms with Crippen molar-refractivity contribution in [1.82, 2.24) is 0 Å². The van der Waals surface area contributed by atoms with Crippen molar-refractivity contribution in [3.05, 3.63) is 30.3 Å². The van der Waals surface area contributed by atoms with Crippen molar-refractivity contribution < 1.29 is 28.5 Å². The molecule has 0 saturated carbocycles. The van der Waals surface area contributed by atoms with Gasteiger partial charge in [-0.1, -0.05) is 0 Å². The molecular formula is C13H21PY. The first-order chi connectivity index (χ1) is 7.36. The van der Waals surface area contributed by atoms with E-state index in [4.69, 9.17) is 0 Å². The van der Waals surface area contributed by atoms with Gasteiger partial charge < -0.3 is 0 Å². The number of rotatable bonds is 7. The topological polar surface area (TPSA) is 0 Å². The molecule has 1 aromatic carbocycles. The third-order valence-electron chi connectivity index (χ3n) is 2.59. The van der Waals surface area contributed by atoms with Crippen molar-refractivity contribution in [2.75, 3.05) is 12.3 Å². The molecule has 0 fully saturated rings. The van der Waals surface area contributed by atoms with Crippen LogP contribution >= 0.6 is 4.17 Å². The second-order valence-electron chi connectivity index (χ2n) is 3.88. The second kappa shape index (κ2) is 8.85. The third-order valence-corrected chi connectivity index (χ3v) is 15.4. The molecule has 1 atom stereocenters. The Bertz CT molecular complexity index is 248. The van der Waals surface area contributed by atoms with Crippen LogP contribution in [0.3, 0.4) is 0 Å². The summed E-state index contributed by atoms with van der Waals surface area (Å²) < 4.78 is 2.16. The van der Waals surface area contributed by atoms with Crippen LogP contribution in [0.4, 0.5) is 0 Å². The van der Waals surface area contributed by atoms with Gasteiger partial charge in [-0.3, -0.25) is 0 Å². The van der Waals surface area contributed by atoms with Gasteiger partial charge in [0.05, 0.1) is 0 Å². The van der Waals surface area contributed by atoms with Gasteiger partial charge >= 0.3 is 111 Å². The summed E-state index contributed by atoms with van der Waals surface area (Å²) in [6.07, 6.45) is 7.31. The van der Waals surface area contributed by atoms with Crippen LogP contribution < -0.4 is 2.37 Å². The summed E-state index contributed by atoms with van der Waals surface area (Å²) in [5, 5.41) is 0. The molecule has 0 saturated heterocycles. The van der Waals surface area contributed by atoms with Crippen LogP contribution in [0, 0.1) is 0 Å². The monoisotopic (exact) mass is 297 g/mol. The van der Waals surface area contributed by atoms with Crippen LogP contribution in [0.2, 0.25) is 0 Å². The maximum atomic E-state index is 2.40. The van der Waals surface area contributed by atoms with Gasteiger partial charge in [0, 0.05) is 0 Å². The second-order valence-corrected chi connectivity index (χ2v) is 15.3. The molecule has 0 aliphatic heterocycles. The Morgan fingerprint density at radius 3 is 2.40 bits per heavy atom. The van der Waals surface area contributed by atoms with Gasteiger partial charge in [-0.2, -0.15) is 0 Å². The third kappa shape index (κ3) is 6.15. The molecule has 0 aliphatic rings. The fraction of sp³-hybridized carbons (Fsp3) is 0.538. The first-order valence-electron chi connectivity index (χ1n) is 6.00. The Kier molecular flexibility index (Phi) is 8.16. The van der Waals surface area contributed by atoms with Crippen LogP contribution in [0.15, 0.2) is 30.3 Å². The van der Waals surface area contributed by atoms with Crippen LogP contribution in [-0.2, 0) is 28.5 Å². The summed E-state index contributed by atoms with van der Waals surface area (Å²) in [5.41, 5.74) is 0. The number of hydrogen-bond donors (Lipinski definition) is 0. The molecule has 0 nitrogen and oxygen atoms in total. The summed E-state index contributed by atoms with van der Waals surface area (Å²) in [6.45, 7) is 4.69. The normalized spacial score (nSPS) is 12.1. The standard InChI is InChI=1S/C7H16P.C6H5.Y/c1-3-5-6-7-8-4-2;1-2-4-6-5-3-1;/h3-7H2,1-2H3;1-5H;/q-1;;+1. The first-order valence-corrected chi connectivity index (χ1v) is 13.0. The van der Waals surface area contributed by atoms with Gasteiger partial charge in [0.1, 0.15) is 0 Å². The molecule has 1 aromatic rings. The van der Waals surface area contributed by atoms with E-state index in [-0.39, 0.29) is 0 Å². The predicted molar refractivity (Wildman–Crippen MR) is 67.9 cm³/mol. The van der Waals surface area contributed by atoms with Gasteiger partial charge in [0.25, 0.3) is 0 Å². The molecule has 0 aromatic heterocycles. The fourth-order valence-corrected chi connectivity index (χ4v) is 12.0. The molecule has 1 unspecified atom stereocenters. The summed E-state index contributed by atoms with van der Waals surface area (Å²) >= 11 is -0.435. The van der Waals surface area contributed by atoms with E-state index in [0.29, 0.717) is 4.17 Å². The van der Waals surface area contributed by atoms with Gasteiger partial charge in [0.15, 0.2) is 0 Å². The van der Waals surface area contributed by atoms with Crippen molar-refractivity contribution in [2.45, 2.75) is 33.1 Å². The number of hydrogen-bond acceptors (Lipinski definition) is 0. The van der Waals surface area contributed by atoms with E-state index in [9.17, 15) is 0 Å². The zero-order chi connectivity index (χ0) is 10.9. The van der Waals surface area contributed by atoms with Crippen molar-refractivity contribution in [3.63, 3.8) is 0 Å². The van der Waals surface area contributed by atoms with Crippen LogP contribution in [0.1, 0.15) is 33.1 Å². The van der Waals surface area contributed by atoms with E-state index in [1.165, 1.54) is 25.4 Å². The molecule has 2 heteroatoms. The van der Waals surface area contributed by atoms with Gasteiger partial charge in [-0.15, -0.1) is 0 Å². The zero-order valence-electron chi connectivity index (χ0n) is 9.95. The van der Waals surface area contributed by atoms with Gasteiger partial charge in [-0.05, 0) is 0 Å². The Morgan fingerprint density at radius 2 is 1.80 bits per heavy atom. The summed E-state index contributed by atoms with van der Waals surface area (Å²) in [5.74, 6) is 0. The zero-order valence-corrected chi connectivity index (χ0v) is 13.7. The Labute approximate surface area is 110 Å². The van der Waals surface area contributed by atoms with Crippen molar-refractivity contribution >= 4 is 6.54 Å². The van der Waals surface area contributed by atoms with Gasteiger partial charge in [0.2, 0.25) is 0 Å². The molecular weight excluding hydrogens is 276 g/mol. The Balaban J connectivity index is 2.33. The summed E-state index contributed by atoms with van der Waals surface area (Å²) in [6, 6.07) is 11.3. The molecule has 0 heterocycles. The predicted octanol–water partition coefficient (Wildman–Crippen LogP) is 4.00. The molecule has 0 radical (unpaired) electrons. The molecule has 0 bridgehead atoms.